The number of nitrogens with one attached hydrogen (secondary N) is 1. The first-order valence-corrected chi connectivity index (χ1v) is 6.71. The van der Waals surface area contributed by atoms with Crippen LogP contribution in [0.3, 0.4) is 0 Å². The van der Waals surface area contributed by atoms with E-state index in [1.54, 1.807) is 7.11 Å². The molecule has 0 unspecified atom stereocenters. The fourth-order valence-corrected chi connectivity index (χ4v) is 1.93. The van der Waals surface area contributed by atoms with E-state index in [1.807, 2.05) is 54.6 Å². The lowest BCUT2D eigenvalue weighted by molar-refractivity contribution is -0.121. The van der Waals surface area contributed by atoms with Crippen molar-refractivity contribution in [3.8, 4) is 5.75 Å². The summed E-state index contributed by atoms with van der Waals surface area (Å²) in [6.45, 7) is 0.553. The van der Waals surface area contributed by atoms with Crippen molar-refractivity contribution in [1.29, 1.82) is 0 Å². The maximum Gasteiger partial charge on any atom is 0.220 e. The van der Waals surface area contributed by atoms with Crippen LogP contribution in [0, 0.1) is 0 Å². The predicted octanol–water partition coefficient (Wildman–Crippen LogP) is 2.94. The van der Waals surface area contributed by atoms with Crippen LogP contribution in [0.2, 0.25) is 0 Å². The molecule has 0 aromatic heterocycles. The zero-order valence-corrected chi connectivity index (χ0v) is 11.6. The Hall–Kier alpha value is -2.29. The summed E-state index contributed by atoms with van der Waals surface area (Å²) in [7, 11) is 1.64. The first-order chi connectivity index (χ1) is 9.78. The van der Waals surface area contributed by atoms with Gasteiger partial charge in [0.15, 0.2) is 0 Å². The molecule has 0 fully saturated rings. The molecule has 104 valence electrons. The minimum absolute atomic E-state index is 0.0738. The van der Waals surface area contributed by atoms with Crippen molar-refractivity contribution in [2.24, 2.45) is 0 Å². The molecule has 2 rings (SSSR count). The average molecular weight is 269 g/mol. The molecule has 1 N–H and O–H groups in total. The fourth-order valence-electron chi connectivity index (χ4n) is 1.93. The lowest BCUT2D eigenvalue weighted by Crippen LogP contribution is -2.22. The molecule has 0 atom stereocenters. The number of hydrogen-bond donors (Lipinski definition) is 1. The summed E-state index contributed by atoms with van der Waals surface area (Å²) in [6, 6.07) is 17.7. The van der Waals surface area contributed by atoms with Gasteiger partial charge in [0.25, 0.3) is 0 Å². The molecule has 0 saturated carbocycles. The second kappa shape index (κ2) is 7.34. The largest absolute Gasteiger partial charge is 0.497 e. The van der Waals surface area contributed by atoms with Gasteiger partial charge in [-0.3, -0.25) is 4.79 Å². The maximum atomic E-state index is 11.8. The summed E-state index contributed by atoms with van der Waals surface area (Å²) in [5.74, 6) is 0.897. The second-order valence-corrected chi connectivity index (χ2v) is 4.61. The number of carbonyl (C=O) groups is 1. The third-order valence-electron chi connectivity index (χ3n) is 3.13. The van der Waals surface area contributed by atoms with Crippen LogP contribution in [0.15, 0.2) is 54.6 Å². The van der Waals surface area contributed by atoms with E-state index in [9.17, 15) is 4.79 Å². The molecule has 3 nitrogen and oxygen atoms in total. The number of amides is 1. The maximum absolute atomic E-state index is 11.8. The number of benzene rings is 2. The Bertz CT molecular complexity index is 535. The molecule has 2 aromatic carbocycles. The molecule has 2 aromatic rings. The quantitative estimate of drug-likeness (QED) is 0.875. The molecule has 1 amide bonds. The van der Waals surface area contributed by atoms with Crippen molar-refractivity contribution in [1.82, 2.24) is 5.32 Å². The molecule has 0 radical (unpaired) electrons. The van der Waals surface area contributed by atoms with Crippen LogP contribution in [0.4, 0.5) is 0 Å². The van der Waals surface area contributed by atoms with Crippen molar-refractivity contribution >= 4 is 5.91 Å². The van der Waals surface area contributed by atoms with Crippen molar-refractivity contribution in [2.75, 3.05) is 7.11 Å². The van der Waals surface area contributed by atoms with Gasteiger partial charge in [-0.2, -0.15) is 0 Å². The van der Waals surface area contributed by atoms with Gasteiger partial charge in [0.1, 0.15) is 5.75 Å². The van der Waals surface area contributed by atoms with E-state index in [1.165, 1.54) is 5.56 Å². The van der Waals surface area contributed by atoms with Crippen LogP contribution >= 0.6 is 0 Å². The molecule has 0 bridgehead atoms. The highest BCUT2D eigenvalue weighted by atomic mass is 16.5. The lowest BCUT2D eigenvalue weighted by atomic mass is 10.1. The van der Waals surface area contributed by atoms with E-state index < -0.39 is 0 Å². The number of hydrogen-bond acceptors (Lipinski definition) is 2. The third-order valence-corrected chi connectivity index (χ3v) is 3.13. The van der Waals surface area contributed by atoms with Gasteiger partial charge >= 0.3 is 0 Å². The van der Waals surface area contributed by atoms with Crippen LogP contribution in [0.5, 0.6) is 5.75 Å². The van der Waals surface area contributed by atoms with Crippen molar-refractivity contribution in [2.45, 2.75) is 19.4 Å². The Kier molecular flexibility index (Phi) is 5.18. The van der Waals surface area contributed by atoms with Gasteiger partial charge in [-0.05, 0) is 29.7 Å². The average Bonchev–Trinajstić information content (AvgIpc) is 2.52. The van der Waals surface area contributed by atoms with Gasteiger partial charge in [0, 0.05) is 13.0 Å². The molecular weight excluding hydrogens is 250 g/mol. The van der Waals surface area contributed by atoms with E-state index >= 15 is 0 Å². The van der Waals surface area contributed by atoms with Crippen molar-refractivity contribution in [3.05, 3.63) is 65.7 Å². The lowest BCUT2D eigenvalue weighted by Gasteiger charge is -2.06. The highest BCUT2D eigenvalue weighted by Gasteiger charge is 2.02. The highest BCUT2D eigenvalue weighted by Crippen LogP contribution is 2.11. The summed E-state index contributed by atoms with van der Waals surface area (Å²) < 4.78 is 5.09. The fraction of sp³-hybridized carbons (Fsp3) is 0.235. The Balaban J connectivity index is 1.74. The summed E-state index contributed by atoms with van der Waals surface area (Å²) in [5.41, 5.74) is 2.26. The Labute approximate surface area is 119 Å². The van der Waals surface area contributed by atoms with Gasteiger partial charge in [-0.25, -0.2) is 0 Å². The van der Waals surface area contributed by atoms with Gasteiger partial charge in [0.2, 0.25) is 5.91 Å². The number of aryl methyl sites for hydroxylation is 1. The number of ether oxygens (including phenoxy) is 1. The summed E-state index contributed by atoms with van der Waals surface area (Å²) in [5, 5.41) is 2.93. The molecular formula is C17H19NO2. The van der Waals surface area contributed by atoms with Gasteiger partial charge in [-0.1, -0.05) is 42.5 Å². The zero-order chi connectivity index (χ0) is 14.2. The predicted molar refractivity (Wildman–Crippen MR) is 79.6 cm³/mol. The van der Waals surface area contributed by atoms with Crippen molar-refractivity contribution < 1.29 is 9.53 Å². The molecule has 3 heteroatoms. The molecule has 0 saturated heterocycles. The number of methoxy groups -OCH3 is 1. The zero-order valence-electron chi connectivity index (χ0n) is 11.6. The van der Waals surface area contributed by atoms with Crippen LogP contribution in [0.1, 0.15) is 17.5 Å². The molecule has 0 spiro atoms. The second-order valence-electron chi connectivity index (χ2n) is 4.61. The summed E-state index contributed by atoms with van der Waals surface area (Å²) in [4.78, 5) is 11.8. The topological polar surface area (TPSA) is 38.3 Å². The standard InChI is InChI=1S/C17H19NO2/c1-20-16-10-7-15(8-11-16)13-18-17(19)12-9-14-5-3-2-4-6-14/h2-8,10-11H,9,12-13H2,1H3,(H,18,19). The van der Waals surface area contributed by atoms with Gasteiger partial charge in [-0.15, -0.1) is 0 Å². The van der Waals surface area contributed by atoms with Gasteiger partial charge < -0.3 is 10.1 Å². The molecule has 20 heavy (non-hydrogen) atoms. The molecule has 0 aliphatic heterocycles. The van der Waals surface area contributed by atoms with E-state index in [2.05, 4.69) is 5.32 Å². The summed E-state index contributed by atoms with van der Waals surface area (Å²) >= 11 is 0. The van der Waals surface area contributed by atoms with E-state index in [0.717, 1.165) is 17.7 Å². The third kappa shape index (κ3) is 4.43. The Morgan fingerprint density at radius 1 is 1.00 bits per heavy atom. The normalized spacial score (nSPS) is 10.1. The van der Waals surface area contributed by atoms with Crippen molar-refractivity contribution in [3.63, 3.8) is 0 Å². The minimum Gasteiger partial charge on any atom is -0.497 e. The minimum atomic E-state index is 0.0738. The highest BCUT2D eigenvalue weighted by molar-refractivity contribution is 5.76. The van der Waals surface area contributed by atoms with Crippen LogP contribution in [-0.2, 0) is 17.8 Å². The van der Waals surface area contributed by atoms with Crippen LogP contribution < -0.4 is 10.1 Å². The van der Waals surface area contributed by atoms with E-state index in [-0.39, 0.29) is 5.91 Å². The number of carbonyl (C=O) groups excluding carboxylic acids is 1. The SMILES string of the molecule is COc1ccc(CNC(=O)CCc2ccccc2)cc1. The van der Waals surface area contributed by atoms with E-state index in [4.69, 9.17) is 4.74 Å². The smallest absolute Gasteiger partial charge is 0.220 e. The first-order valence-electron chi connectivity index (χ1n) is 6.71. The van der Waals surface area contributed by atoms with E-state index in [0.29, 0.717) is 13.0 Å². The number of rotatable bonds is 6. The van der Waals surface area contributed by atoms with Crippen LogP contribution in [0.25, 0.3) is 0 Å². The molecule has 0 aliphatic carbocycles. The Morgan fingerprint density at radius 2 is 1.70 bits per heavy atom. The Morgan fingerprint density at radius 3 is 2.35 bits per heavy atom. The molecule has 0 aliphatic rings. The monoisotopic (exact) mass is 269 g/mol. The van der Waals surface area contributed by atoms with Gasteiger partial charge in [0.05, 0.1) is 7.11 Å². The first kappa shape index (κ1) is 14.1. The van der Waals surface area contributed by atoms with Crippen LogP contribution in [-0.4, -0.2) is 13.0 Å². The molecule has 0 heterocycles. The summed E-state index contributed by atoms with van der Waals surface area (Å²) in [6.07, 6.45) is 1.29.